The van der Waals surface area contributed by atoms with Crippen LogP contribution in [0.25, 0.3) is 11.2 Å². The van der Waals surface area contributed by atoms with Crippen LogP contribution in [0, 0.1) is 0 Å². The van der Waals surface area contributed by atoms with Gasteiger partial charge in [-0.25, -0.2) is 9.37 Å². The summed E-state index contributed by atoms with van der Waals surface area (Å²) >= 11 is 0. The lowest BCUT2D eigenvalue weighted by molar-refractivity contribution is -0.206. The van der Waals surface area contributed by atoms with Crippen LogP contribution in [0.2, 0.25) is 0 Å². The molecule has 11 heteroatoms. The maximum atomic E-state index is 14.6. The van der Waals surface area contributed by atoms with Crippen LogP contribution in [0.15, 0.2) is 6.33 Å². The highest BCUT2D eigenvalue weighted by atomic mass is 19.2. The van der Waals surface area contributed by atoms with Gasteiger partial charge in [0.1, 0.15) is 18.3 Å². The third kappa shape index (κ3) is 2.76. The van der Waals surface area contributed by atoms with Gasteiger partial charge in [0.25, 0.3) is 5.85 Å². The van der Waals surface area contributed by atoms with Gasteiger partial charge in [-0.1, -0.05) is 0 Å². The van der Waals surface area contributed by atoms with Crippen molar-refractivity contribution in [1.29, 1.82) is 0 Å². The number of ether oxygens (including phenoxy) is 2. The number of aliphatic hydroxyl groups excluding tert-OH is 2. The summed E-state index contributed by atoms with van der Waals surface area (Å²) in [5.74, 6) is -2.51. The van der Waals surface area contributed by atoms with Crippen LogP contribution < -0.4 is 10.1 Å². The lowest BCUT2D eigenvalue weighted by Crippen LogP contribution is -2.48. The fourth-order valence-electron chi connectivity index (χ4n) is 2.89. The number of fused-ring (bicyclic) bond motifs is 1. The minimum Gasteiger partial charge on any atom is -0.476 e. The lowest BCUT2D eigenvalue weighted by atomic mass is 9.95. The van der Waals surface area contributed by atoms with E-state index in [1.165, 1.54) is 17.8 Å². The van der Waals surface area contributed by atoms with Crippen molar-refractivity contribution in [1.82, 2.24) is 19.5 Å². The molecule has 0 radical (unpaired) electrons. The minimum absolute atomic E-state index is 0.0954. The van der Waals surface area contributed by atoms with Crippen LogP contribution in [0.5, 0.6) is 5.88 Å². The standard InChI is InChI=1S/C15H22FN5O5/c1-4-17-13-19-9-8(10(20-13)25-5-2)18-7-21(9)12-14(3,24)11(23)15(16,6-22)26-12/h7,11-12,22-24H,4-6H2,1-3H3,(H,17,19,20)/t11-,12+,14+,15+/m0/s1/i1T. The van der Waals surface area contributed by atoms with Gasteiger partial charge in [-0.05, 0) is 20.7 Å². The number of anilines is 1. The normalized spacial score (nSPS) is 32.0. The van der Waals surface area contributed by atoms with Gasteiger partial charge in [-0.3, -0.25) is 4.57 Å². The number of aromatic nitrogens is 4. The monoisotopic (exact) mass is 373 g/mol. The second-order valence-corrected chi connectivity index (χ2v) is 6.08. The van der Waals surface area contributed by atoms with Gasteiger partial charge in [0, 0.05) is 7.92 Å². The summed E-state index contributed by atoms with van der Waals surface area (Å²) in [7, 11) is 0. The van der Waals surface area contributed by atoms with Crippen molar-refractivity contribution in [3.63, 3.8) is 0 Å². The molecule has 144 valence electrons. The maximum absolute atomic E-state index is 14.6. The number of halogens is 1. The van der Waals surface area contributed by atoms with Gasteiger partial charge < -0.3 is 30.1 Å². The summed E-state index contributed by atoms with van der Waals surface area (Å²) in [6, 6.07) is 0. The Morgan fingerprint density at radius 2 is 2.31 bits per heavy atom. The van der Waals surface area contributed by atoms with E-state index in [-0.39, 0.29) is 29.9 Å². The third-order valence-corrected chi connectivity index (χ3v) is 4.19. The molecule has 0 saturated carbocycles. The van der Waals surface area contributed by atoms with Gasteiger partial charge in [-0.15, -0.1) is 0 Å². The molecule has 10 nitrogen and oxygen atoms in total. The van der Waals surface area contributed by atoms with Gasteiger partial charge in [0.15, 0.2) is 17.4 Å². The summed E-state index contributed by atoms with van der Waals surface area (Å²) in [6.07, 6.45) is -2.15. The Labute approximate surface area is 150 Å². The van der Waals surface area contributed by atoms with E-state index < -0.39 is 30.4 Å². The topological polar surface area (TPSA) is 135 Å². The van der Waals surface area contributed by atoms with Crippen LogP contribution in [0.3, 0.4) is 0 Å². The second-order valence-electron chi connectivity index (χ2n) is 6.08. The van der Waals surface area contributed by atoms with Crippen LogP contribution in [0.1, 0.15) is 28.3 Å². The van der Waals surface area contributed by atoms with E-state index in [0.29, 0.717) is 13.2 Å². The van der Waals surface area contributed by atoms with E-state index in [4.69, 9.17) is 10.8 Å². The fourth-order valence-corrected chi connectivity index (χ4v) is 2.89. The summed E-state index contributed by atoms with van der Waals surface area (Å²) in [5, 5.41) is 32.8. The smallest absolute Gasteiger partial charge is 0.263 e. The van der Waals surface area contributed by atoms with Crippen molar-refractivity contribution in [3.8, 4) is 5.88 Å². The quantitative estimate of drug-likeness (QED) is 0.550. The molecule has 0 spiro atoms. The van der Waals surface area contributed by atoms with Gasteiger partial charge in [-0.2, -0.15) is 9.97 Å². The number of nitrogens with one attached hydrogen (secondary N) is 1. The SMILES string of the molecule is [3H]CCNc1nc(OCC)c2ncn([C@@H]3O[C@](F)(CO)[C@@H](O)[C@@]3(C)O)c2n1. The third-order valence-electron chi connectivity index (χ3n) is 4.19. The fraction of sp³-hybridized carbons (Fsp3) is 0.667. The maximum Gasteiger partial charge on any atom is 0.263 e. The van der Waals surface area contributed by atoms with Crippen molar-refractivity contribution in [3.05, 3.63) is 6.33 Å². The van der Waals surface area contributed by atoms with E-state index in [0.717, 1.165) is 0 Å². The minimum atomic E-state index is -2.84. The zero-order chi connectivity index (χ0) is 19.8. The number of alkyl halides is 1. The molecule has 0 bridgehead atoms. The predicted octanol–water partition coefficient (Wildman–Crippen LogP) is -0.0444. The molecule has 1 fully saturated rings. The Morgan fingerprint density at radius 3 is 2.92 bits per heavy atom. The van der Waals surface area contributed by atoms with E-state index in [1.54, 1.807) is 6.92 Å². The second kappa shape index (κ2) is 6.58. The number of imidazole rings is 1. The molecule has 26 heavy (non-hydrogen) atoms. The van der Waals surface area contributed by atoms with Crippen LogP contribution in [-0.2, 0) is 4.74 Å². The average molecular weight is 373 g/mol. The van der Waals surface area contributed by atoms with Crippen molar-refractivity contribution < 1.29 is 30.6 Å². The lowest BCUT2D eigenvalue weighted by Gasteiger charge is -2.27. The molecule has 0 amide bonds. The molecular formula is C15H22FN5O5. The molecule has 3 heterocycles. The molecule has 1 aliphatic heterocycles. The molecule has 0 aliphatic carbocycles. The number of rotatable bonds is 6. The Bertz CT molecular complexity index is 821. The first-order chi connectivity index (χ1) is 12.8. The zero-order valence-corrected chi connectivity index (χ0v) is 14.4. The van der Waals surface area contributed by atoms with E-state index in [2.05, 4.69) is 20.3 Å². The Balaban J connectivity index is 2.10. The Kier molecular flexibility index (Phi) is 4.39. The first-order valence-electron chi connectivity index (χ1n) is 8.77. The zero-order valence-electron chi connectivity index (χ0n) is 15.4. The molecule has 3 rings (SSSR count). The van der Waals surface area contributed by atoms with Crippen molar-refractivity contribution in [2.75, 3.05) is 25.1 Å². The van der Waals surface area contributed by atoms with E-state index >= 15 is 0 Å². The van der Waals surface area contributed by atoms with Gasteiger partial charge in [0.2, 0.25) is 11.8 Å². The highest BCUT2D eigenvalue weighted by Gasteiger charge is 2.62. The number of hydrogen-bond acceptors (Lipinski definition) is 9. The predicted molar refractivity (Wildman–Crippen MR) is 88.3 cm³/mol. The molecular weight excluding hydrogens is 349 g/mol. The molecule has 2 aromatic rings. The molecule has 0 unspecified atom stereocenters. The molecule has 4 N–H and O–H groups in total. The molecule has 1 saturated heterocycles. The Morgan fingerprint density at radius 1 is 1.54 bits per heavy atom. The average Bonchev–Trinajstić information content (AvgIpc) is 3.14. The summed E-state index contributed by atoms with van der Waals surface area (Å²) < 4.78 is 33.7. The van der Waals surface area contributed by atoms with Crippen molar-refractivity contribution >= 4 is 17.1 Å². The molecule has 0 aromatic carbocycles. The summed E-state index contributed by atoms with van der Waals surface area (Å²) in [5.41, 5.74) is -1.65. The molecule has 1 aliphatic rings. The summed E-state index contributed by atoms with van der Waals surface area (Å²) in [6.45, 7) is 2.52. The van der Waals surface area contributed by atoms with Crippen LogP contribution in [0.4, 0.5) is 10.3 Å². The number of nitrogens with zero attached hydrogens (tertiary/aromatic N) is 4. The van der Waals surface area contributed by atoms with Gasteiger partial charge in [0.05, 0.1) is 12.9 Å². The largest absolute Gasteiger partial charge is 0.476 e. The Hall–Kier alpha value is -2.08. The first-order valence-corrected chi connectivity index (χ1v) is 8.07. The van der Waals surface area contributed by atoms with Crippen LogP contribution in [-0.4, -0.2) is 72.2 Å². The van der Waals surface area contributed by atoms with Crippen LogP contribution >= 0.6 is 0 Å². The van der Waals surface area contributed by atoms with Crippen molar-refractivity contribution in [2.24, 2.45) is 0 Å². The first kappa shape index (κ1) is 17.3. The van der Waals surface area contributed by atoms with E-state index in [1.807, 2.05) is 0 Å². The number of hydrogen-bond donors (Lipinski definition) is 4. The van der Waals surface area contributed by atoms with E-state index in [9.17, 15) is 19.7 Å². The van der Waals surface area contributed by atoms with Crippen molar-refractivity contribution in [2.45, 2.75) is 44.5 Å². The highest BCUT2D eigenvalue weighted by molar-refractivity contribution is 5.78. The summed E-state index contributed by atoms with van der Waals surface area (Å²) in [4.78, 5) is 12.6. The number of aliphatic hydroxyl groups is 3. The van der Waals surface area contributed by atoms with Gasteiger partial charge >= 0.3 is 0 Å². The molecule has 2 aromatic heterocycles. The molecule has 4 atom stereocenters. The highest BCUT2D eigenvalue weighted by Crippen LogP contribution is 2.46.